The molecule has 1 aromatic rings. The van der Waals surface area contributed by atoms with Crippen molar-refractivity contribution < 1.29 is 19.0 Å². The second kappa shape index (κ2) is 6.70. The van der Waals surface area contributed by atoms with E-state index in [1.165, 1.54) is 6.07 Å². The first-order valence-electron chi connectivity index (χ1n) is 6.61. The number of hydrogen-bond donors (Lipinski definition) is 2. The minimum Gasteiger partial charge on any atom is -0.489 e. The molecule has 0 spiro atoms. The van der Waals surface area contributed by atoms with Crippen LogP contribution in [0.15, 0.2) is 18.2 Å². The number of ether oxygens (including phenoxy) is 1. The van der Waals surface area contributed by atoms with Crippen LogP contribution in [0, 0.1) is 11.2 Å². The van der Waals surface area contributed by atoms with Gasteiger partial charge in [-0.3, -0.25) is 4.79 Å². The van der Waals surface area contributed by atoms with Gasteiger partial charge in [0.1, 0.15) is 6.61 Å². The fourth-order valence-corrected chi connectivity index (χ4v) is 1.48. The lowest BCUT2D eigenvalue weighted by atomic mass is 9.95. The van der Waals surface area contributed by atoms with E-state index in [1.54, 1.807) is 26.0 Å². The number of rotatable bonds is 7. The fourth-order valence-electron chi connectivity index (χ4n) is 1.48. The zero-order valence-electron chi connectivity index (χ0n) is 12.4. The van der Waals surface area contributed by atoms with Crippen LogP contribution in [0.4, 0.5) is 4.39 Å². The molecule has 0 heterocycles. The molecule has 2 N–H and O–H groups in total. The molecule has 0 fully saturated rings. The van der Waals surface area contributed by atoms with Crippen LogP contribution in [0.2, 0.25) is 0 Å². The van der Waals surface area contributed by atoms with Crippen molar-refractivity contribution in [1.29, 1.82) is 0 Å². The molecule has 5 heteroatoms. The van der Waals surface area contributed by atoms with Gasteiger partial charge in [-0.25, -0.2) is 4.39 Å². The molecule has 0 saturated carbocycles. The Kier molecular flexibility index (Phi) is 5.51. The summed E-state index contributed by atoms with van der Waals surface area (Å²) in [6.45, 7) is 7.46. The molecule has 0 aliphatic heterocycles. The van der Waals surface area contributed by atoms with E-state index in [0.29, 0.717) is 12.1 Å². The Balaban J connectivity index is 2.85. The van der Waals surface area contributed by atoms with Crippen LogP contribution >= 0.6 is 0 Å². The first-order chi connectivity index (χ1) is 9.24. The monoisotopic (exact) mass is 283 g/mol. The highest BCUT2D eigenvalue weighted by Gasteiger charge is 2.29. The molecule has 1 aromatic carbocycles. The molecule has 0 amide bonds. The van der Waals surface area contributed by atoms with Crippen LogP contribution in [0.25, 0.3) is 0 Å². The number of benzene rings is 1. The van der Waals surface area contributed by atoms with Crippen LogP contribution in [-0.2, 0) is 11.3 Å². The minimum atomic E-state index is -1.06. The van der Waals surface area contributed by atoms with Crippen LogP contribution in [0.1, 0.15) is 33.3 Å². The molecule has 0 unspecified atom stereocenters. The molecule has 112 valence electrons. The predicted octanol–water partition coefficient (Wildman–Crippen LogP) is 2.81. The minimum absolute atomic E-state index is 0.0854. The maximum Gasteiger partial charge on any atom is 0.312 e. The third-order valence-electron chi connectivity index (χ3n) is 2.91. The maximum absolute atomic E-state index is 13.9. The molecular weight excluding hydrogens is 261 g/mol. The second-order valence-electron chi connectivity index (χ2n) is 5.74. The molecule has 0 bridgehead atoms. The van der Waals surface area contributed by atoms with E-state index >= 15 is 0 Å². The Bertz CT molecular complexity index is 472. The van der Waals surface area contributed by atoms with E-state index in [2.05, 4.69) is 5.32 Å². The summed E-state index contributed by atoms with van der Waals surface area (Å²) < 4.78 is 19.3. The van der Waals surface area contributed by atoms with Gasteiger partial charge in [0.25, 0.3) is 0 Å². The van der Waals surface area contributed by atoms with Gasteiger partial charge in [-0.15, -0.1) is 0 Å². The first-order valence-corrected chi connectivity index (χ1v) is 6.61. The van der Waals surface area contributed by atoms with Gasteiger partial charge >= 0.3 is 5.97 Å². The summed E-state index contributed by atoms with van der Waals surface area (Å²) in [5.41, 5.74) is -0.384. The average molecular weight is 283 g/mol. The van der Waals surface area contributed by atoms with Gasteiger partial charge in [-0.05, 0) is 19.9 Å². The first kappa shape index (κ1) is 16.4. The smallest absolute Gasteiger partial charge is 0.312 e. The summed E-state index contributed by atoms with van der Waals surface area (Å²) in [6, 6.07) is 4.95. The molecule has 0 aliphatic rings. The fraction of sp³-hybridized carbons (Fsp3) is 0.533. The van der Waals surface area contributed by atoms with Gasteiger partial charge < -0.3 is 15.2 Å². The Hall–Kier alpha value is -1.62. The number of carboxylic acids is 1. The van der Waals surface area contributed by atoms with Gasteiger partial charge in [0.15, 0.2) is 11.6 Å². The number of para-hydroxylation sites is 1. The summed E-state index contributed by atoms with van der Waals surface area (Å²) in [5, 5.41) is 12.2. The number of hydrogen-bond acceptors (Lipinski definition) is 3. The highest BCUT2D eigenvalue weighted by molar-refractivity contribution is 5.73. The van der Waals surface area contributed by atoms with Crippen LogP contribution in [0.5, 0.6) is 5.75 Å². The molecule has 0 aliphatic carbocycles. The third kappa shape index (κ3) is 4.49. The number of nitrogens with one attached hydrogen (secondary N) is 1. The predicted molar refractivity (Wildman–Crippen MR) is 75.3 cm³/mol. The van der Waals surface area contributed by atoms with Crippen molar-refractivity contribution in [2.45, 2.75) is 40.3 Å². The van der Waals surface area contributed by atoms with Gasteiger partial charge in [-0.1, -0.05) is 26.0 Å². The van der Waals surface area contributed by atoms with Gasteiger partial charge in [-0.2, -0.15) is 0 Å². The Morgan fingerprint density at radius 1 is 1.45 bits per heavy atom. The van der Waals surface area contributed by atoms with E-state index < -0.39 is 17.2 Å². The quantitative estimate of drug-likeness (QED) is 0.808. The molecule has 4 nitrogen and oxygen atoms in total. The number of carboxylic acid groups (broad SMARTS) is 1. The van der Waals surface area contributed by atoms with E-state index in [4.69, 9.17) is 9.84 Å². The van der Waals surface area contributed by atoms with Gasteiger partial charge in [0.05, 0.1) is 5.41 Å². The molecule has 20 heavy (non-hydrogen) atoms. The average Bonchev–Trinajstić information content (AvgIpc) is 2.34. The number of halogens is 1. The summed E-state index contributed by atoms with van der Waals surface area (Å²) in [5.74, 6) is -1.33. The van der Waals surface area contributed by atoms with Crippen molar-refractivity contribution in [3.8, 4) is 5.75 Å². The Labute approximate surface area is 119 Å². The number of carbonyl (C=O) groups is 1. The van der Waals surface area contributed by atoms with E-state index in [9.17, 15) is 9.18 Å². The van der Waals surface area contributed by atoms with Crippen LogP contribution in [-0.4, -0.2) is 23.7 Å². The Morgan fingerprint density at radius 3 is 2.65 bits per heavy atom. The van der Waals surface area contributed by atoms with Crippen molar-refractivity contribution in [3.05, 3.63) is 29.6 Å². The topological polar surface area (TPSA) is 58.6 Å². The van der Waals surface area contributed by atoms with Gasteiger partial charge in [0, 0.05) is 18.2 Å². The van der Waals surface area contributed by atoms with Crippen molar-refractivity contribution in [1.82, 2.24) is 5.32 Å². The normalized spacial score (nSPS) is 11.7. The maximum atomic E-state index is 13.9. The molecule has 1 rings (SSSR count). The van der Waals surface area contributed by atoms with E-state index in [-0.39, 0.29) is 18.4 Å². The number of aliphatic carboxylic acids is 1. The second-order valence-corrected chi connectivity index (χ2v) is 5.74. The highest BCUT2D eigenvalue weighted by Crippen LogP contribution is 2.25. The van der Waals surface area contributed by atoms with E-state index in [0.717, 1.165) is 0 Å². The van der Waals surface area contributed by atoms with Crippen molar-refractivity contribution in [3.63, 3.8) is 0 Å². The SMILES string of the molecule is CC(C)NCc1cccc(F)c1OCC(C)(C)C(=O)O. The molecule has 0 radical (unpaired) electrons. The summed E-state index contributed by atoms with van der Waals surface area (Å²) in [7, 11) is 0. The van der Waals surface area contributed by atoms with Crippen LogP contribution < -0.4 is 10.1 Å². The standard InChI is InChI=1S/C15H22FNO3/c1-10(2)17-8-11-6-5-7-12(16)13(11)20-9-15(3,4)14(18)19/h5-7,10,17H,8-9H2,1-4H3,(H,18,19). The van der Waals surface area contributed by atoms with E-state index in [1.807, 2.05) is 13.8 Å². The lowest BCUT2D eigenvalue weighted by molar-refractivity contribution is -0.148. The van der Waals surface area contributed by atoms with Crippen LogP contribution in [0.3, 0.4) is 0 Å². The largest absolute Gasteiger partial charge is 0.489 e. The summed E-state index contributed by atoms with van der Waals surface area (Å²) in [4.78, 5) is 11.0. The van der Waals surface area contributed by atoms with Crippen molar-refractivity contribution in [2.24, 2.45) is 5.41 Å². The van der Waals surface area contributed by atoms with Crippen molar-refractivity contribution in [2.75, 3.05) is 6.61 Å². The summed E-state index contributed by atoms with van der Waals surface area (Å²) >= 11 is 0. The third-order valence-corrected chi connectivity index (χ3v) is 2.91. The molecule has 0 atom stereocenters. The molecule has 0 aromatic heterocycles. The zero-order valence-corrected chi connectivity index (χ0v) is 12.4. The van der Waals surface area contributed by atoms with Crippen molar-refractivity contribution >= 4 is 5.97 Å². The van der Waals surface area contributed by atoms with Gasteiger partial charge in [0.2, 0.25) is 0 Å². The lowest BCUT2D eigenvalue weighted by Crippen LogP contribution is -2.31. The lowest BCUT2D eigenvalue weighted by Gasteiger charge is -2.21. The highest BCUT2D eigenvalue weighted by atomic mass is 19.1. The molecule has 0 saturated heterocycles. The molecular formula is C15H22FNO3. The Morgan fingerprint density at radius 2 is 2.10 bits per heavy atom. The zero-order chi connectivity index (χ0) is 15.3. The summed E-state index contributed by atoms with van der Waals surface area (Å²) in [6.07, 6.45) is 0.